The Balaban J connectivity index is 0.00000208. The minimum atomic E-state index is -4.63. The summed E-state index contributed by atoms with van der Waals surface area (Å²) >= 11 is 0. The quantitative estimate of drug-likeness (QED) is 0.839. The summed E-state index contributed by atoms with van der Waals surface area (Å²) in [5, 5.41) is 6.42. The second-order valence-corrected chi connectivity index (χ2v) is 8.03. The average molecular weight is 381 g/mol. The van der Waals surface area contributed by atoms with E-state index in [9.17, 15) is 22.0 Å². The normalized spacial score (nSPS) is 26.0. The highest BCUT2D eigenvalue weighted by Crippen LogP contribution is 2.27. The number of nitrogens with one attached hydrogen (secondary N) is 2. The van der Waals surface area contributed by atoms with Crippen molar-refractivity contribution in [2.24, 2.45) is 0 Å². The van der Waals surface area contributed by atoms with Crippen LogP contribution in [0.25, 0.3) is 0 Å². The van der Waals surface area contributed by atoms with Crippen molar-refractivity contribution in [3.05, 3.63) is 29.8 Å². The molecule has 2 unspecified atom stereocenters. The lowest BCUT2D eigenvalue weighted by Crippen LogP contribution is -2.48. The fourth-order valence-electron chi connectivity index (χ4n) is 3.34. The van der Waals surface area contributed by atoms with Crippen LogP contribution in [0.1, 0.15) is 36.0 Å². The summed E-state index contributed by atoms with van der Waals surface area (Å²) in [5.41, 5.74) is 0.268. The molecule has 2 fully saturated rings. The van der Waals surface area contributed by atoms with E-state index in [1.807, 2.05) is 0 Å². The molecule has 2 bridgehead atoms. The molecule has 0 saturated carbocycles. The van der Waals surface area contributed by atoms with Crippen molar-refractivity contribution in [3.63, 3.8) is 0 Å². The zero-order valence-electron chi connectivity index (χ0n) is 12.7. The molecular formula is C15H19ClF2N2O3S. The maximum atomic E-state index is 12.5. The number of alkyl halides is 2. The first-order valence-corrected chi connectivity index (χ1v) is 9.10. The first-order chi connectivity index (χ1) is 10.9. The lowest BCUT2D eigenvalue weighted by atomic mass is 9.99. The van der Waals surface area contributed by atoms with Gasteiger partial charge >= 0.3 is 5.76 Å². The van der Waals surface area contributed by atoms with Gasteiger partial charge < -0.3 is 10.6 Å². The zero-order chi connectivity index (χ0) is 16.6. The third-order valence-electron chi connectivity index (χ3n) is 4.49. The predicted molar refractivity (Wildman–Crippen MR) is 87.3 cm³/mol. The van der Waals surface area contributed by atoms with Crippen LogP contribution in [-0.4, -0.2) is 38.2 Å². The molecule has 1 aromatic carbocycles. The molecule has 0 radical (unpaired) electrons. The number of sulfone groups is 1. The summed E-state index contributed by atoms with van der Waals surface area (Å²) in [4.78, 5) is 11.7. The Hall–Kier alpha value is -1.25. The Morgan fingerprint density at radius 2 is 1.67 bits per heavy atom. The maximum absolute atomic E-state index is 12.5. The van der Waals surface area contributed by atoms with Gasteiger partial charge in [-0.1, -0.05) is 0 Å². The number of amides is 1. The van der Waals surface area contributed by atoms with E-state index in [4.69, 9.17) is 0 Å². The van der Waals surface area contributed by atoms with Crippen molar-refractivity contribution in [3.8, 4) is 0 Å². The van der Waals surface area contributed by atoms with Crippen LogP contribution in [0.3, 0.4) is 0 Å². The van der Waals surface area contributed by atoms with Crippen molar-refractivity contribution in [2.75, 3.05) is 0 Å². The molecule has 0 spiro atoms. The standard InChI is InChI=1S/C15H18F2N2O3S.ClH/c16-15(17)23(21,22)13-5-1-9(2-6-13)14(20)19-12-7-10-3-4-11(8-12)18-10;/h1-2,5-6,10-12,15,18H,3-4,7-8H2,(H,19,20);1H. The number of fused-ring (bicyclic) bond motifs is 2. The van der Waals surface area contributed by atoms with E-state index in [0.717, 1.165) is 37.8 Å². The lowest BCUT2D eigenvalue weighted by molar-refractivity contribution is 0.0924. The number of carbonyl (C=O) groups excluding carboxylic acids is 1. The van der Waals surface area contributed by atoms with Crippen LogP contribution in [0.5, 0.6) is 0 Å². The van der Waals surface area contributed by atoms with Gasteiger partial charge in [0.2, 0.25) is 9.84 Å². The first kappa shape index (κ1) is 19.1. The van der Waals surface area contributed by atoms with Gasteiger partial charge in [-0.05, 0) is 49.9 Å². The van der Waals surface area contributed by atoms with Crippen molar-refractivity contribution in [1.29, 1.82) is 0 Å². The molecule has 9 heteroatoms. The molecule has 2 heterocycles. The van der Waals surface area contributed by atoms with Gasteiger partial charge in [0.25, 0.3) is 5.91 Å². The van der Waals surface area contributed by atoms with E-state index in [0.29, 0.717) is 12.1 Å². The smallest absolute Gasteiger partial charge is 0.341 e. The fourth-order valence-corrected chi connectivity index (χ4v) is 4.06. The van der Waals surface area contributed by atoms with Gasteiger partial charge in [-0.3, -0.25) is 4.79 Å². The monoisotopic (exact) mass is 380 g/mol. The van der Waals surface area contributed by atoms with E-state index in [2.05, 4.69) is 10.6 Å². The number of hydrogen-bond donors (Lipinski definition) is 2. The number of benzene rings is 1. The summed E-state index contributed by atoms with van der Waals surface area (Å²) in [6, 6.07) is 5.59. The van der Waals surface area contributed by atoms with Gasteiger partial charge in [0, 0.05) is 23.7 Å². The molecule has 2 aliphatic rings. The summed E-state index contributed by atoms with van der Waals surface area (Å²) in [6.45, 7) is 0. The Morgan fingerprint density at radius 3 is 2.17 bits per heavy atom. The van der Waals surface area contributed by atoms with E-state index >= 15 is 0 Å². The van der Waals surface area contributed by atoms with E-state index < -0.39 is 20.5 Å². The van der Waals surface area contributed by atoms with E-state index in [-0.39, 0.29) is 29.9 Å². The minimum Gasteiger partial charge on any atom is -0.349 e. The predicted octanol–water partition coefficient (Wildman–Crippen LogP) is 2.12. The summed E-state index contributed by atoms with van der Waals surface area (Å²) in [7, 11) is -4.63. The van der Waals surface area contributed by atoms with E-state index in [1.54, 1.807) is 0 Å². The van der Waals surface area contributed by atoms with Crippen LogP contribution in [0.2, 0.25) is 0 Å². The molecule has 2 saturated heterocycles. The van der Waals surface area contributed by atoms with Crippen molar-refractivity contribution >= 4 is 28.2 Å². The van der Waals surface area contributed by atoms with Gasteiger partial charge in [0.05, 0.1) is 4.90 Å². The second-order valence-electron chi connectivity index (χ2n) is 6.11. The Morgan fingerprint density at radius 1 is 1.12 bits per heavy atom. The van der Waals surface area contributed by atoms with Crippen LogP contribution in [0.4, 0.5) is 8.78 Å². The molecule has 2 N–H and O–H groups in total. The maximum Gasteiger partial charge on any atom is 0.341 e. The third kappa shape index (κ3) is 3.87. The average Bonchev–Trinajstić information content (AvgIpc) is 2.86. The molecule has 0 aliphatic carbocycles. The number of hydrogen-bond acceptors (Lipinski definition) is 4. The topological polar surface area (TPSA) is 75.3 Å². The first-order valence-electron chi connectivity index (χ1n) is 7.55. The molecule has 24 heavy (non-hydrogen) atoms. The van der Waals surface area contributed by atoms with Gasteiger partial charge in [-0.25, -0.2) is 8.42 Å². The second kappa shape index (κ2) is 7.33. The SMILES string of the molecule is Cl.O=C(NC1CC2CCC(C1)N2)c1ccc(S(=O)(=O)C(F)F)cc1. The Labute approximate surface area is 145 Å². The summed E-state index contributed by atoms with van der Waals surface area (Å²) in [6.07, 6.45) is 3.99. The molecule has 2 aliphatic heterocycles. The number of rotatable bonds is 4. The molecule has 1 amide bonds. The van der Waals surface area contributed by atoms with Gasteiger partial charge in [-0.2, -0.15) is 8.78 Å². The molecule has 2 atom stereocenters. The third-order valence-corrected chi connectivity index (χ3v) is 5.89. The summed E-state index contributed by atoms with van der Waals surface area (Å²) in [5.74, 6) is -3.77. The lowest BCUT2D eigenvalue weighted by Gasteiger charge is -2.29. The molecule has 1 aromatic rings. The van der Waals surface area contributed by atoms with Crippen molar-refractivity contribution < 1.29 is 22.0 Å². The van der Waals surface area contributed by atoms with E-state index in [1.165, 1.54) is 12.1 Å². The Kier molecular flexibility index (Phi) is 5.83. The molecular weight excluding hydrogens is 362 g/mol. The van der Waals surface area contributed by atoms with Gasteiger partial charge in [0.15, 0.2) is 0 Å². The zero-order valence-corrected chi connectivity index (χ0v) is 14.4. The van der Waals surface area contributed by atoms with Crippen LogP contribution in [-0.2, 0) is 9.84 Å². The minimum absolute atomic E-state index is 0. The largest absolute Gasteiger partial charge is 0.349 e. The summed E-state index contributed by atoms with van der Waals surface area (Å²) < 4.78 is 47.6. The van der Waals surface area contributed by atoms with Crippen LogP contribution < -0.4 is 10.6 Å². The van der Waals surface area contributed by atoms with Crippen molar-refractivity contribution in [2.45, 2.75) is 54.5 Å². The molecule has 3 rings (SSSR count). The molecule has 0 aromatic heterocycles. The van der Waals surface area contributed by atoms with Gasteiger partial charge in [0.1, 0.15) is 0 Å². The number of piperidine rings is 1. The number of carbonyl (C=O) groups is 1. The molecule has 134 valence electrons. The highest BCUT2D eigenvalue weighted by Gasteiger charge is 2.34. The molecule has 5 nitrogen and oxygen atoms in total. The fraction of sp³-hybridized carbons (Fsp3) is 0.533. The number of halogens is 3. The van der Waals surface area contributed by atoms with Crippen molar-refractivity contribution in [1.82, 2.24) is 10.6 Å². The van der Waals surface area contributed by atoms with Gasteiger partial charge in [-0.15, -0.1) is 12.4 Å². The Bertz CT molecular complexity index is 685. The highest BCUT2D eigenvalue weighted by molar-refractivity contribution is 7.91. The van der Waals surface area contributed by atoms with Crippen LogP contribution in [0, 0.1) is 0 Å². The highest BCUT2D eigenvalue weighted by atomic mass is 35.5. The van der Waals surface area contributed by atoms with Crippen LogP contribution in [0.15, 0.2) is 29.2 Å². The van der Waals surface area contributed by atoms with Crippen LogP contribution >= 0.6 is 12.4 Å².